The molecule has 0 spiro atoms. The SMILES string of the molecule is CNC(c1ccc(Cl)o1)c1cc(C)ccc1C. The van der Waals surface area contributed by atoms with Crippen LogP contribution in [0.3, 0.4) is 0 Å². The normalized spacial score (nSPS) is 12.7. The van der Waals surface area contributed by atoms with E-state index < -0.39 is 0 Å². The van der Waals surface area contributed by atoms with Crippen LogP contribution >= 0.6 is 11.6 Å². The van der Waals surface area contributed by atoms with E-state index in [1.807, 2.05) is 13.1 Å². The fourth-order valence-corrected chi connectivity index (χ4v) is 2.16. The maximum atomic E-state index is 5.83. The molecule has 2 nitrogen and oxygen atoms in total. The van der Waals surface area contributed by atoms with E-state index in [9.17, 15) is 0 Å². The van der Waals surface area contributed by atoms with Gasteiger partial charge < -0.3 is 9.73 Å². The van der Waals surface area contributed by atoms with Gasteiger partial charge in [-0.3, -0.25) is 0 Å². The Morgan fingerprint density at radius 1 is 1.18 bits per heavy atom. The van der Waals surface area contributed by atoms with Crippen molar-refractivity contribution in [3.05, 3.63) is 58.0 Å². The van der Waals surface area contributed by atoms with Crippen LogP contribution in [0.4, 0.5) is 0 Å². The van der Waals surface area contributed by atoms with Crippen LogP contribution in [0.2, 0.25) is 5.22 Å². The zero-order valence-corrected chi connectivity index (χ0v) is 11.0. The standard InChI is InChI=1S/C14H16ClNO/c1-9-4-5-10(2)11(8-9)14(16-3)12-6-7-13(15)17-12/h4-8,14,16H,1-3H3. The minimum Gasteiger partial charge on any atom is -0.448 e. The van der Waals surface area contributed by atoms with Gasteiger partial charge in [-0.25, -0.2) is 0 Å². The number of rotatable bonds is 3. The molecule has 1 N–H and O–H groups in total. The van der Waals surface area contributed by atoms with Crippen molar-refractivity contribution in [3.63, 3.8) is 0 Å². The average Bonchev–Trinajstić information content (AvgIpc) is 2.71. The molecule has 0 saturated carbocycles. The molecule has 1 aromatic carbocycles. The first-order chi connectivity index (χ1) is 8.11. The monoisotopic (exact) mass is 249 g/mol. The first-order valence-corrected chi connectivity index (χ1v) is 5.99. The Hall–Kier alpha value is -1.25. The molecule has 0 fully saturated rings. The summed E-state index contributed by atoms with van der Waals surface area (Å²) >= 11 is 5.83. The molecule has 90 valence electrons. The van der Waals surface area contributed by atoms with Crippen LogP contribution in [0.25, 0.3) is 0 Å². The summed E-state index contributed by atoms with van der Waals surface area (Å²) < 4.78 is 5.49. The Kier molecular flexibility index (Phi) is 3.55. The van der Waals surface area contributed by atoms with Crippen molar-refractivity contribution >= 4 is 11.6 Å². The number of aryl methyl sites for hydroxylation is 2. The number of nitrogens with one attached hydrogen (secondary N) is 1. The summed E-state index contributed by atoms with van der Waals surface area (Å²) in [5.41, 5.74) is 3.70. The van der Waals surface area contributed by atoms with Gasteiger partial charge in [-0.05, 0) is 55.8 Å². The van der Waals surface area contributed by atoms with Gasteiger partial charge in [0, 0.05) is 0 Å². The second-order valence-electron chi connectivity index (χ2n) is 4.22. The van der Waals surface area contributed by atoms with E-state index in [1.165, 1.54) is 16.7 Å². The number of furan rings is 1. The first kappa shape index (κ1) is 12.2. The number of benzene rings is 1. The molecule has 0 aliphatic heterocycles. The topological polar surface area (TPSA) is 25.2 Å². The van der Waals surface area contributed by atoms with Gasteiger partial charge in [-0.2, -0.15) is 0 Å². The first-order valence-electron chi connectivity index (χ1n) is 5.61. The van der Waals surface area contributed by atoms with Gasteiger partial charge in [0.25, 0.3) is 0 Å². The molecule has 0 aliphatic carbocycles. The molecule has 2 aromatic rings. The van der Waals surface area contributed by atoms with Crippen LogP contribution in [-0.4, -0.2) is 7.05 Å². The predicted molar refractivity (Wildman–Crippen MR) is 70.5 cm³/mol. The van der Waals surface area contributed by atoms with E-state index in [2.05, 4.69) is 37.4 Å². The molecule has 0 radical (unpaired) electrons. The Morgan fingerprint density at radius 2 is 1.94 bits per heavy atom. The Balaban J connectivity index is 2.45. The zero-order valence-electron chi connectivity index (χ0n) is 10.3. The summed E-state index contributed by atoms with van der Waals surface area (Å²) in [6, 6.07) is 10.1. The summed E-state index contributed by atoms with van der Waals surface area (Å²) in [5.74, 6) is 0.839. The van der Waals surface area contributed by atoms with E-state index >= 15 is 0 Å². The molecule has 1 heterocycles. The van der Waals surface area contributed by atoms with Crippen molar-refractivity contribution in [1.29, 1.82) is 0 Å². The third kappa shape index (κ3) is 2.54. The zero-order chi connectivity index (χ0) is 12.4. The van der Waals surface area contributed by atoms with Crippen LogP contribution < -0.4 is 5.32 Å². The fraction of sp³-hybridized carbons (Fsp3) is 0.286. The minimum atomic E-state index is 0.0439. The van der Waals surface area contributed by atoms with Gasteiger partial charge in [-0.1, -0.05) is 23.8 Å². The largest absolute Gasteiger partial charge is 0.448 e. The van der Waals surface area contributed by atoms with Crippen LogP contribution in [0.15, 0.2) is 34.7 Å². The van der Waals surface area contributed by atoms with Gasteiger partial charge in [0.1, 0.15) is 5.76 Å². The highest BCUT2D eigenvalue weighted by atomic mass is 35.5. The van der Waals surface area contributed by atoms with Crippen LogP contribution in [-0.2, 0) is 0 Å². The van der Waals surface area contributed by atoms with Gasteiger partial charge in [-0.15, -0.1) is 0 Å². The summed E-state index contributed by atoms with van der Waals surface area (Å²) in [6.07, 6.45) is 0. The van der Waals surface area contributed by atoms with E-state index in [4.69, 9.17) is 16.0 Å². The molecular weight excluding hydrogens is 234 g/mol. The lowest BCUT2D eigenvalue weighted by atomic mass is 9.97. The highest BCUT2D eigenvalue weighted by molar-refractivity contribution is 6.28. The molecule has 0 saturated heterocycles. The molecule has 0 amide bonds. The van der Waals surface area contributed by atoms with Gasteiger partial charge in [0.2, 0.25) is 0 Å². The molecular formula is C14H16ClNO. The third-order valence-electron chi connectivity index (χ3n) is 2.91. The number of hydrogen-bond acceptors (Lipinski definition) is 2. The molecule has 2 rings (SSSR count). The lowest BCUT2D eigenvalue weighted by molar-refractivity contribution is 0.464. The number of hydrogen-bond donors (Lipinski definition) is 1. The van der Waals surface area contributed by atoms with Crippen molar-refractivity contribution in [2.75, 3.05) is 7.05 Å². The maximum absolute atomic E-state index is 5.83. The average molecular weight is 250 g/mol. The molecule has 1 unspecified atom stereocenters. The van der Waals surface area contributed by atoms with Crippen molar-refractivity contribution in [1.82, 2.24) is 5.32 Å². The molecule has 1 atom stereocenters. The molecule has 0 aliphatic rings. The molecule has 3 heteroatoms. The van der Waals surface area contributed by atoms with Crippen LogP contribution in [0.5, 0.6) is 0 Å². The fourth-order valence-electron chi connectivity index (χ4n) is 2.01. The summed E-state index contributed by atoms with van der Waals surface area (Å²) in [7, 11) is 1.92. The van der Waals surface area contributed by atoms with Crippen LogP contribution in [0, 0.1) is 13.8 Å². The van der Waals surface area contributed by atoms with Gasteiger partial charge in [0.05, 0.1) is 6.04 Å². The number of halogens is 1. The van der Waals surface area contributed by atoms with Gasteiger partial charge >= 0.3 is 0 Å². The Labute approximate surface area is 107 Å². The lowest BCUT2D eigenvalue weighted by Crippen LogP contribution is -2.18. The smallest absolute Gasteiger partial charge is 0.193 e. The second kappa shape index (κ2) is 4.94. The lowest BCUT2D eigenvalue weighted by Gasteiger charge is -2.17. The molecule has 0 bridgehead atoms. The molecule has 1 aromatic heterocycles. The van der Waals surface area contributed by atoms with Crippen molar-refractivity contribution in [3.8, 4) is 0 Å². The minimum absolute atomic E-state index is 0.0439. The van der Waals surface area contributed by atoms with Crippen molar-refractivity contribution < 1.29 is 4.42 Å². The maximum Gasteiger partial charge on any atom is 0.193 e. The predicted octanol–water partition coefficient (Wildman–Crippen LogP) is 3.86. The van der Waals surface area contributed by atoms with E-state index in [0.29, 0.717) is 5.22 Å². The van der Waals surface area contributed by atoms with Crippen molar-refractivity contribution in [2.24, 2.45) is 0 Å². The quantitative estimate of drug-likeness (QED) is 0.894. The highest BCUT2D eigenvalue weighted by Gasteiger charge is 2.17. The molecule has 17 heavy (non-hydrogen) atoms. The van der Waals surface area contributed by atoms with Crippen LogP contribution in [0.1, 0.15) is 28.5 Å². The van der Waals surface area contributed by atoms with E-state index in [-0.39, 0.29) is 6.04 Å². The van der Waals surface area contributed by atoms with E-state index in [1.54, 1.807) is 6.07 Å². The van der Waals surface area contributed by atoms with Gasteiger partial charge in [0.15, 0.2) is 5.22 Å². The Bertz CT molecular complexity index is 519. The van der Waals surface area contributed by atoms with Crippen molar-refractivity contribution in [2.45, 2.75) is 19.9 Å². The summed E-state index contributed by atoms with van der Waals surface area (Å²) in [5, 5.41) is 3.69. The third-order valence-corrected chi connectivity index (χ3v) is 3.12. The summed E-state index contributed by atoms with van der Waals surface area (Å²) in [6.45, 7) is 4.19. The second-order valence-corrected chi connectivity index (χ2v) is 4.60. The van der Waals surface area contributed by atoms with E-state index in [0.717, 1.165) is 5.76 Å². The Morgan fingerprint density at radius 3 is 2.53 bits per heavy atom. The highest BCUT2D eigenvalue weighted by Crippen LogP contribution is 2.28. The summed E-state index contributed by atoms with van der Waals surface area (Å²) in [4.78, 5) is 0.